The van der Waals surface area contributed by atoms with Gasteiger partial charge < -0.3 is 9.64 Å². The fraction of sp³-hybridized carbons (Fsp3) is 0.474. The minimum Gasteiger partial charge on any atom is -0.487 e. The number of likely N-dealkylation sites (tertiary alicyclic amines) is 1. The average molecular weight is 309 g/mol. The van der Waals surface area contributed by atoms with E-state index in [1.54, 1.807) is 6.33 Å². The van der Waals surface area contributed by atoms with Crippen molar-refractivity contribution in [2.24, 2.45) is 0 Å². The van der Waals surface area contributed by atoms with Crippen LogP contribution in [0.4, 0.5) is 0 Å². The normalized spacial score (nSPS) is 20.0. The maximum absolute atomic E-state index is 6.49. The van der Waals surface area contributed by atoms with Gasteiger partial charge in [-0.25, -0.2) is 9.97 Å². The standard InChI is InChI=1S/C19H23N3O/c1-2-22-9-7-19(8-10-22)6-5-16-11-15(3-4-18(16)23-19)17-12-20-14-21-13-17/h3-4,11-14H,2,5-10H2,1H3. The topological polar surface area (TPSA) is 38.2 Å². The van der Waals surface area contributed by atoms with E-state index in [0.717, 1.165) is 56.6 Å². The number of hydrogen-bond donors (Lipinski definition) is 0. The van der Waals surface area contributed by atoms with Crippen LogP contribution in [0.15, 0.2) is 36.9 Å². The zero-order valence-electron chi connectivity index (χ0n) is 13.7. The van der Waals surface area contributed by atoms with Crippen molar-refractivity contribution in [3.05, 3.63) is 42.5 Å². The van der Waals surface area contributed by atoms with Crippen LogP contribution in [-0.4, -0.2) is 40.1 Å². The molecular weight excluding hydrogens is 286 g/mol. The van der Waals surface area contributed by atoms with E-state index in [4.69, 9.17) is 4.74 Å². The van der Waals surface area contributed by atoms with Crippen molar-refractivity contribution in [3.8, 4) is 16.9 Å². The Morgan fingerprint density at radius 3 is 2.61 bits per heavy atom. The Labute approximate surface area is 137 Å². The molecule has 2 aromatic rings. The molecule has 3 heterocycles. The van der Waals surface area contributed by atoms with E-state index in [2.05, 4.69) is 40.0 Å². The lowest BCUT2D eigenvalue weighted by Crippen LogP contribution is -2.49. The van der Waals surface area contributed by atoms with E-state index < -0.39 is 0 Å². The molecule has 2 aliphatic heterocycles. The molecule has 0 amide bonds. The molecule has 1 fully saturated rings. The Morgan fingerprint density at radius 2 is 1.87 bits per heavy atom. The molecule has 4 nitrogen and oxygen atoms in total. The van der Waals surface area contributed by atoms with Gasteiger partial charge in [-0.1, -0.05) is 13.0 Å². The molecule has 0 saturated carbocycles. The first-order valence-electron chi connectivity index (χ1n) is 8.58. The Bertz CT molecular complexity index is 678. The van der Waals surface area contributed by atoms with Gasteiger partial charge in [-0.15, -0.1) is 0 Å². The summed E-state index contributed by atoms with van der Waals surface area (Å²) >= 11 is 0. The third-order valence-corrected chi connectivity index (χ3v) is 5.35. The molecule has 0 bridgehead atoms. The van der Waals surface area contributed by atoms with E-state index >= 15 is 0 Å². The number of rotatable bonds is 2. The minimum atomic E-state index is 0.0655. The number of hydrogen-bond acceptors (Lipinski definition) is 4. The van der Waals surface area contributed by atoms with Crippen molar-refractivity contribution in [2.45, 2.75) is 38.2 Å². The average Bonchev–Trinajstić information content (AvgIpc) is 2.63. The summed E-state index contributed by atoms with van der Waals surface area (Å²) in [5, 5.41) is 0. The van der Waals surface area contributed by atoms with E-state index in [-0.39, 0.29) is 5.60 Å². The number of benzene rings is 1. The molecule has 4 heteroatoms. The van der Waals surface area contributed by atoms with Crippen LogP contribution in [0.5, 0.6) is 5.75 Å². The van der Waals surface area contributed by atoms with Crippen LogP contribution >= 0.6 is 0 Å². The van der Waals surface area contributed by atoms with Gasteiger partial charge >= 0.3 is 0 Å². The van der Waals surface area contributed by atoms with Crippen LogP contribution in [0.3, 0.4) is 0 Å². The molecule has 120 valence electrons. The zero-order chi connectivity index (χ0) is 15.7. The second kappa shape index (κ2) is 5.93. The highest BCUT2D eigenvalue weighted by Gasteiger charge is 2.39. The summed E-state index contributed by atoms with van der Waals surface area (Å²) in [5.41, 5.74) is 3.61. The van der Waals surface area contributed by atoms with E-state index in [1.165, 1.54) is 11.1 Å². The van der Waals surface area contributed by atoms with Crippen LogP contribution in [0.25, 0.3) is 11.1 Å². The lowest BCUT2D eigenvalue weighted by Gasteiger charge is -2.44. The van der Waals surface area contributed by atoms with Crippen LogP contribution in [0.2, 0.25) is 0 Å². The third kappa shape index (κ3) is 2.83. The Kier molecular flexibility index (Phi) is 3.77. The Hall–Kier alpha value is -1.94. The van der Waals surface area contributed by atoms with E-state index in [0.29, 0.717) is 0 Å². The van der Waals surface area contributed by atoms with Crippen molar-refractivity contribution in [1.82, 2.24) is 14.9 Å². The molecular formula is C19H23N3O. The third-order valence-electron chi connectivity index (χ3n) is 5.35. The molecule has 1 aromatic heterocycles. The second-order valence-electron chi connectivity index (χ2n) is 6.67. The van der Waals surface area contributed by atoms with Gasteiger partial charge in [0, 0.05) is 31.0 Å². The molecule has 0 radical (unpaired) electrons. The number of fused-ring (bicyclic) bond motifs is 1. The highest BCUT2D eigenvalue weighted by atomic mass is 16.5. The van der Waals surface area contributed by atoms with E-state index in [1.807, 2.05) is 12.4 Å². The fourth-order valence-corrected chi connectivity index (χ4v) is 3.78. The van der Waals surface area contributed by atoms with Crippen LogP contribution < -0.4 is 4.74 Å². The largest absolute Gasteiger partial charge is 0.487 e. The quantitative estimate of drug-likeness (QED) is 0.853. The van der Waals surface area contributed by atoms with Crippen molar-refractivity contribution in [2.75, 3.05) is 19.6 Å². The van der Waals surface area contributed by atoms with Gasteiger partial charge in [-0.05, 0) is 55.5 Å². The van der Waals surface area contributed by atoms with Gasteiger partial charge in [0.15, 0.2) is 0 Å². The van der Waals surface area contributed by atoms with Gasteiger partial charge in [-0.2, -0.15) is 0 Å². The summed E-state index contributed by atoms with van der Waals surface area (Å²) in [6.45, 7) is 5.70. The van der Waals surface area contributed by atoms with Crippen LogP contribution in [-0.2, 0) is 6.42 Å². The number of nitrogens with zero attached hydrogens (tertiary/aromatic N) is 3. The summed E-state index contributed by atoms with van der Waals surface area (Å²) < 4.78 is 6.49. The molecule has 23 heavy (non-hydrogen) atoms. The number of piperidine rings is 1. The number of ether oxygens (including phenoxy) is 1. The predicted octanol–water partition coefficient (Wildman–Crippen LogP) is 3.32. The maximum Gasteiger partial charge on any atom is 0.123 e. The first-order chi connectivity index (χ1) is 11.3. The molecule has 0 aliphatic carbocycles. The molecule has 1 saturated heterocycles. The van der Waals surface area contributed by atoms with Gasteiger partial charge in [0.05, 0.1) is 0 Å². The smallest absolute Gasteiger partial charge is 0.123 e. The first kappa shape index (κ1) is 14.6. The highest BCUT2D eigenvalue weighted by molar-refractivity contribution is 5.64. The zero-order valence-corrected chi connectivity index (χ0v) is 13.7. The SMILES string of the molecule is CCN1CCC2(CCc3cc(-c4cncnc4)ccc3O2)CC1. The second-order valence-corrected chi connectivity index (χ2v) is 6.67. The van der Waals surface area contributed by atoms with Crippen LogP contribution in [0, 0.1) is 0 Å². The lowest BCUT2D eigenvalue weighted by atomic mass is 9.82. The fourth-order valence-electron chi connectivity index (χ4n) is 3.78. The summed E-state index contributed by atoms with van der Waals surface area (Å²) in [4.78, 5) is 10.7. The summed E-state index contributed by atoms with van der Waals surface area (Å²) in [7, 11) is 0. The van der Waals surface area contributed by atoms with Gasteiger partial charge in [0.2, 0.25) is 0 Å². The predicted molar refractivity (Wildman–Crippen MR) is 90.5 cm³/mol. The monoisotopic (exact) mass is 309 g/mol. The number of aryl methyl sites for hydroxylation is 1. The van der Waals surface area contributed by atoms with Gasteiger partial charge in [0.1, 0.15) is 17.7 Å². The summed E-state index contributed by atoms with van der Waals surface area (Å²) in [6.07, 6.45) is 9.82. The van der Waals surface area contributed by atoms with Crippen molar-refractivity contribution < 1.29 is 4.74 Å². The van der Waals surface area contributed by atoms with Crippen molar-refractivity contribution >= 4 is 0 Å². The number of aromatic nitrogens is 2. The van der Waals surface area contributed by atoms with Crippen LogP contribution in [0.1, 0.15) is 31.7 Å². The Morgan fingerprint density at radius 1 is 1.09 bits per heavy atom. The lowest BCUT2D eigenvalue weighted by molar-refractivity contribution is -0.0132. The van der Waals surface area contributed by atoms with E-state index in [9.17, 15) is 0 Å². The summed E-state index contributed by atoms with van der Waals surface area (Å²) in [5.74, 6) is 1.07. The van der Waals surface area contributed by atoms with Crippen molar-refractivity contribution in [3.63, 3.8) is 0 Å². The molecule has 0 unspecified atom stereocenters. The first-order valence-corrected chi connectivity index (χ1v) is 8.58. The molecule has 0 N–H and O–H groups in total. The molecule has 1 aromatic carbocycles. The highest BCUT2D eigenvalue weighted by Crippen LogP contribution is 2.40. The Balaban J connectivity index is 1.55. The van der Waals surface area contributed by atoms with Crippen molar-refractivity contribution in [1.29, 1.82) is 0 Å². The molecule has 2 aliphatic rings. The minimum absolute atomic E-state index is 0.0655. The molecule has 1 spiro atoms. The van der Waals surface area contributed by atoms with Gasteiger partial charge in [-0.3, -0.25) is 0 Å². The summed E-state index contributed by atoms with van der Waals surface area (Å²) in [6, 6.07) is 6.49. The van der Waals surface area contributed by atoms with Gasteiger partial charge in [0.25, 0.3) is 0 Å². The molecule has 4 rings (SSSR count). The molecule has 0 atom stereocenters. The maximum atomic E-state index is 6.49.